The normalized spacial score (nSPS) is 10.4. The van der Waals surface area contributed by atoms with Gasteiger partial charge in [-0.1, -0.05) is 11.6 Å². The fraction of sp³-hybridized carbons (Fsp3) is 0. The number of nitrogen functional groups attached to an aromatic ring is 1. The van der Waals surface area contributed by atoms with E-state index in [1.165, 1.54) is 6.07 Å². The minimum atomic E-state index is -1.41. The summed E-state index contributed by atoms with van der Waals surface area (Å²) in [7, 11) is 0. The molecule has 0 saturated heterocycles. The van der Waals surface area contributed by atoms with Crippen molar-refractivity contribution >= 4 is 29.0 Å². The van der Waals surface area contributed by atoms with Gasteiger partial charge in [-0.25, -0.2) is 18.2 Å². The van der Waals surface area contributed by atoms with Gasteiger partial charge in [-0.05, 0) is 6.07 Å². The molecule has 0 aliphatic rings. The van der Waals surface area contributed by atoms with Crippen LogP contribution >= 0.6 is 11.6 Å². The molecule has 20 heavy (non-hydrogen) atoms. The van der Waals surface area contributed by atoms with E-state index in [-0.39, 0.29) is 16.4 Å². The second-order valence-corrected chi connectivity index (χ2v) is 4.20. The molecule has 0 aliphatic heterocycles. The zero-order chi connectivity index (χ0) is 14.9. The number of hydrogen-bond acceptors (Lipinski definition) is 3. The molecule has 0 radical (unpaired) electrons. The highest BCUT2D eigenvalue weighted by Gasteiger charge is 2.15. The quantitative estimate of drug-likeness (QED) is 0.838. The summed E-state index contributed by atoms with van der Waals surface area (Å²) in [6.45, 7) is 0. The Morgan fingerprint density at radius 2 is 1.95 bits per heavy atom. The summed E-state index contributed by atoms with van der Waals surface area (Å²) >= 11 is 5.68. The summed E-state index contributed by atoms with van der Waals surface area (Å²) in [5.74, 6) is -4.61. The van der Waals surface area contributed by atoms with Gasteiger partial charge in [0.25, 0.3) is 5.91 Å². The Balaban J connectivity index is 2.30. The maximum atomic E-state index is 13.4. The number of pyridine rings is 1. The molecule has 0 fully saturated rings. The van der Waals surface area contributed by atoms with Gasteiger partial charge in [-0.15, -0.1) is 0 Å². The largest absolute Gasteiger partial charge is 0.382 e. The Kier molecular flexibility index (Phi) is 3.80. The van der Waals surface area contributed by atoms with Crippen LogP contribution in [0.5, 0.6) is 0 Å². The Morgan fingerprint density at radius 1 is 1.25 bits per heavy atom. The van der Waals surface area contributed by atoms with Crippen molar-refractivity contribution < 1.29 is 18.0 Å². The first-order valence-electron chi connectivity index (χ1n) is 5.25. The maximum Gasteiger partial charge on any atom is 0.257 e. The SMILES string of the molecule is Nc1ncc(C(=O)Nc2cc(F)cc(F)c2F)cc1Cl. The topological polar surface area (TPSA) is 68.0 Å². The van der Waals surface area contributed by atoms with Crippen molar-refractivity contribution in [2.75, 3.05) is 11.1 Å². The number of carbonyl (C=O) groups excluding carboxylic acids is 1. The Hall–Kier alpha value is -2.28. The molecule has 0 spiro atoms. The van der Waals surface area contributed by atoms with Crippen LogP contribution in [0.4, 0.5) is 24.7 Å². The van der Waals surface area contributed by atoms with E-state index in [2.05, 4.69) is 4.98 Å². The third kappa shape index (κ3) is 2.83. The molecular weight excluding hydrogens is 295 g/mol. The lowest BCUT2D eigenvalue weighted by Crippen LogP contribution is -2.14. The highest BCUT2D eigenvalue weighted by molar-refractivity contribution is 6.33. The summed E-state index contributed by atoms with van der Waals surface area (Å²) in [6, 6.07) is 2.22. The molecule has 1 amide bonds. The summed E-state index contributed by atoms with van der Waals surface area (Å²) in [5, 5.41) is 2.05. The van der Waals surface area contributed by atoms with Crippen LogP contribution in [-0.2, 0) is 0 Å². The van der Waals surface area contributed by atoms with E-state index in [1.54, 1.807) is 0 Å². The van der Waals surface area contributed by atoms with E-state index in [9.17, 15) is 18.0 Å². The fourth-order valence-corrected chi connectivity index (χ4v) is 1.58. The van der Waals surface area contributed by atoms with Gasteiger partial charge in [0.15, 0.2) is 11.6 Å². The molecule has 4 nitrogen and oxygen atoms in total. The molecule has 1 aromatic heterocycles. The van der Waals surface area contributed by atoms with Crippen LogP contribution in [0.1, 0.15) is 10.4 Å². The minimum Gasteiger partial charge on any atom is -0.382 e. The van der Waals surface area contributed by atoms with Crippen LogP contribution in [0, 0.1) is 17.5 Å². The number of halogens is 4. The highest BCUT2D eigenvalue weighted by atomic mass is 35.5. The number of nitrogens with zero attached hydrogens (tertiary/aromatic N) is 1. The fourth-order valence-electron chi connectivity index (χ4n) is 1.41. The van der Waals surface area contributed by atoms with E-state index >= 15 is 0 Å². The molecule has 0 aliphatic carbocycles. The first-order chi connectivity index (χ1) is 9.38. The monoisotopic (exact) mass is 301 g/mol. The van der Waals surface area contributed by atoms with Crippen LogP contribution < -0.4 is 11.1 Å². The summed E-state index contributed by atoms with van der Waals surface area (Å²) in [4.78, 5) is 15.4. The number of nitrogens with one attached hydrogen (secondary N) is 1. The molecule has 8 heteroatoms. The summed E-state index contributed by atoms with van der Waals surface area (Å²) in [6.07, 6.45) is 1.10. The van der Waals surface area contributed by atoms with Crippen molar-refractivity contribution in [1.82, 2.24) is 4.98 Å². The lowest BCUT2D eigenvalue weighted by atomic mass is 10.2. The third-order valence-corrected chi connectivity index (χ3v) is 2.68. The van der Waals surface area contributed by atoms with Crippen LogP contribution in [0.3, 0.4) is 0 Å². The molecule has 0 unspecified atom stereocenters. The Bertz CT molecular complexity index is 694. The Labute approximate surface area is 116 Å². The van der Waals surface area contributed by atoms with Crippen LogP contribution in [0.2, 0.25) is 5.02 Å². The van der Waals surface area contributed by atoms with Crippen LogP contribution in [0.15, 0.2) is 24.4 Å². The van der Waals surface area contributed by atoms with Crippen molar-refractivity contribution in [1.29, 1.82) is 0 Å². The van der Waals surface area contributed by atoms with E-state index in [0.717, 1.165) is 6.20 Å². The maximum absolute atomic E-state index is 13.4. The molecule has 2 aromatic rings. The predicted molar refractivity (Wildman–Crippen MR) is 67.9 cm³/mol. The highest BCUT2D eigenvalue weighted by Crippen LogP contribution is 2.21. The molecule has 0 saturated carbocycles. The van der Waals surface area contributed by atoms with Gasteiger partial charge in [0.2, 0.25) is 0 Å². The second-order valence-electron chi connectivity index (χ2n) is 3.79. The molecule has 0 atom stereocenters. The smallest absolute Gasteiger partial charge is 0.257 e. The first-order valence-corrected chi connectivity index (χ1v) is 5.63. The van der Waals surface area contributed by atoms with Crippen molar-refractivity contribution in [3.05, 3.63) is 52.4 Å². The van der Waals surface area contributed by atoms with Gasteiger partial charge >= 0.3 is 0 Å². The molecule has 1 aromatic carbocycles. The zero-order valence-electron chi connectivity index (χ0n) is 9.75. The number of rotatable bonds is 2. The zero-order valence-corrected chi connectivity index (χ0v) is 10.5. The van der Waals surface area contributed by atoms with Crippen molar-refractivity contribution in [3.63, 3.8) is 0 Å². The average molecular weight is 302 g/mol. The first kappa shape index (κ1) is 14.1. The lowest BCUT2D eigenvalue weighted by Gasteiger charge is -2.07. The second kappa shape index (κ2) is 5.38. The number of anilines is 2. The van der Waals surface area contributed by atoms with Gasteiger partial charge < -0.3 is 11.1 Å². The number of amides is 1. The Morgan fingerprint density at radius 3 is 2.60 bits per heavy atom. The molecule has 2 rings (SSSR count). The third-order valence-electron chi connectivity index (χ3n) is 2.37. The van der Waals surface area contributed by atoms with Gasteiger partial charge in [0.1, 0.15) is 11.6 Å². The number of carbonyl (C=O) groups is 1. The van der Waals surface area contributed by atoms with Gasteiger partial charge in [0, 0.05) is 18.3 Å². The van der Waals surface area contributed by atoms with E-state index in [4.69, 9.17) is 17.3 Å². The number of benzene rings is 1. The lowest BCUT2D eigenvalue weighted by molar-refractivity contribution is 0.102. The van der Waals surface area contributed by atoms with E-state index in [1.807, 2.05) is 5.32 Å². The molecule has 104 valence electrons. The molecule has 0 bridgehead atoms. The summed E-state index contributed by atoms with van der Waals surface area (Å²) in [5.41, 5.74) is 4.71. The van der Waals surface area contributed by atoms with Crippen LogP contribution in [-0.4, -0.2) is 10.9 Å². The minimum absolute atomic E-state index is 0.0196. The van der Waals surface area contributed by atoms with Crippen molar-refractivity contribution in [2.24, 2.45) is 0 Å². The summed E-state index contributed by atoms with van der Waals surface area (Å²) < 4.78 is 39.3. The number of hydrogen-bond donors (Lipinski definition) is 2. The predicted octanol–water partition coefficient (Wildman–Crippen LogP) is 2.99. The van der Waals surface area contributed by atoms with Crippen molar-refractivity contribution in [3.8, 4) is 0 Å². The van der Waals surface area contributed by atoms with Gasteiger partial charge in [0.05, 0.1) is 16.3 Å². The molecular formula is C12H7ClF3N3O. The molecule has 1 heterocycles. The van der Waals surface area contributed by atoms with Gasteiger partial charge in [-0.2, -0.15) is 0 Å². The standard InChI is InChI=1S/C12H7ClF3N3O/c13-7-1-5(4-18-11(7)17)12(20)19-9-3-6(14)2-8(15)10(9)16/h1-4H,(H2,17,18)(H,19,20). The number of aromatic nitrogens is 1. The van der Waals surface area contributed by atoms with E-state index < -0.39 is 29.0 Å². The van der Waals surface area contributed by atoms with Gasteiger partial charge in [-0.3, -0.25) is 4.79 Å². The molecule has 3 N–H and O–H groups in total. The van der Waals surface area contributed by atoms with Crippen LogP contribution in [0.25, 0.3) is 0 Å². The average Bonchev–Trinajstić information content (AvgIpc) is 2.38. The van der Waals surface area contributed by atoms with Crippen molar-refractivity contribution in [2.45, 2.75) is 0 Å². The number of nitrogens with two attached hydrogens (primary N) is 1. The van der Waals surface area contributed by atoms with E-state index in [0.29, 0.717) is 12.1 Å².